The molecule has 6 nitrogen and oxygen atoms in total. The van der Waals surface area contributed by atoms with E-state index < -0.39 is 12.4 Å². The summed E-state index contributed by atoms with van der Waals surface area (Å²) in [5.74, 6) is 0.0363. The molecule has 42 heavy (non-hydrogen) atoms. The summed E-state index contributed by atoms with van der Waals surface area (Å²) in [4.78, 5) is 2.17. The van der Waals surface area contributed by atoms with Crippen molar-refractivity contribution in [3.05, 3.63) is 131 Å². The van der Waals surface area contributed by atoms with Gasteiger partial charge in [-0.15, -0.1) is 0 Å². The van der Waals surface area contributed by atoms with Gasteiger partial charge in [-0.2, -0.15) is 0 Å². The summed E-state index contributed by atoms with van der Waals surface area (Å²) in [6, 6.07) is 34.2. The van der Waals surface area contributed by atoms with Crippen LogP contribution in [0.3, 0.4) is 0 Å². The van der Waals surface area contributed by atoms with Crippen molar-refractivity contribution in [3.63, 3.8) is 0 Å². The maximum atomic E-state index is 11.1. The summed E-state index contributed by atoms with van der Waals surface area (Å²) in [6.07, 6.45) is -1.57. The van der Waals surface area contributed by atoms with Crippen molar-refractivity contribution in [2.45, 2.75) is 57.6 Å². The van der Waals surface area contributed by atoms with Gasteiger partial charge < -0.3 is 25.4 Å². The van der Waals surface area contributed by atoms with Crippen molar-refractivity contribution in [2.24, 2.45) is 11.7 Å². The number of ether oxygens (including phenoxy) is 2. The van der Waals surface area contributed by atoms with Gasteiger partial charge in [-0.25, -0.2) is 0 Å². The van der Waals surface area contributed by atoms with Crippen LogP contribution in [0.1, 0.15) is 60.2 Å². The minimum atomic E-state index is -0.620. The Bertz CT molecular complexity index is 1430. The zero-order chi connectivity index (χ0) is 29.6. The lowest BCUT2D eigenvalue weighted by Crippen LogP contribution is -2.46. The SMILES string of the molecule is C[C@@H]1[C@H](CN(C)[C@H](C)[C@@H](O)c2ccccc2)O[C@H](c2cccc(-c3cccc(CN)c3)c2)O[C@@H]1c1ccc(CO)cc1. The van der Waals surface area contributed by atoms with E-state index in [1.807, 2.05) is 92.8 Å². The Labute approximate surface area is 249 Å². The molecule has 1 aliphatic heterocycles. The molecule has 4 N–H and O–H groups in total. The summed E-state index contributed by atoms with van der Waals surface area (Å²) in [5, 5.41) is 20.7. The first-order valence-corrected chi connectivity index (χ1v) is 14.7. The van der Waals surface area contributed by atoms with Crippen molar-refractivity contribution in [3.8, 4) is 11.1 Å². The molecule has 0 bridgehead atoms. The number of aliphatic hydroxyl groups excluding tert-OH is 2. The van der Waals surface area contributed by atoms with E-state index in [9.17, 15) is 10.2 Å². The Morgan fingerprint density at radius 3 is 2.19 bits per heavy atom. The Kier molecular flexibility index (Phi) is 9.85. The Balaban J connectivity index is 1.42. The third-order valence-corrected chi connectivity index (χ3v) is 8.54. The molecule has 6 atom stereocenters. The molecular weight excluding hydrogens is 524 g/mol. The molecule has 1 saturated heterocycles. The number of hydrogen-bond acceptors (Lipinski definition) is 6. The van der Waals surface area contributed by atoms with Crippen molar-refractivity contribution in [1.82, 2.24) is 4.90 Å². The van der Waals surface area contributed by atoms with Gasteiger partial charge >= 0.3 is 0 Å². The second kappa shape index (κ2) is 13.7. The molecule has 4 aromatic carbocycles. The average molecular weight is 567 g/mol. The lowest BCUT2D eigenvalue weighted by Gasteiger charge is -2.43. The lowest BCUT2D eigenvalue weighted by molar-refractivity contribution is -0.276. The van der Waals surface area contributed by atoms with E-state index in [4.69, 9.17) is 15.2 Å². The number of likely N-dealkylation sites (N-methyl/N-ethyl adjacent to an activating group) is 1. The minimum Gasteiger partial charge on any atom is -0.392 e. The van der Waals surface area contributed by atoms with Gasteiger partial charge in [0.05, 0.1) is 24.9 Å². The average Bonchev–Trinajstić information content (AvgIpc) is 3.05. The van der Waals surface area contributed by atoms with Crippen LogP contribution in [-0.4, -0.2) is 40.9 Å². The molecule has 0 spiro atoms. The van der Waals surface area contributed by atoms with Crippen LogP contribution < -0.4 is 5.73 Å². The number of benzene rings is 4. The fraction of sp³-hybridized carbons (Fsp3) is 0.333. The smallest absolute Gasteiger partial charge is 0.184 e. The number of rotatable bonds is 10. The van der Waals surface area contributed by atoms with Crippen molar-refractivity contribution < 1.29 is 19.7 Å². The molecule has 0 aromatic heterocycles. The fourth-order valence-corrected chi connectivity index (χ4v) is 5.69. The van der Waals surface area contributed by atoms with Gasteiger partial charge in [-0.05, 0) is 59.5 Å². The zero-order valence-corrected chi connectivity index (χ0v) is 24.6. The Morgan fingerprint density at radius 1 is 0.810 bits per heavy atom. The number of aliphatic hydroxyl groups is 2. The molecule has 1 fully saturated rings. The zero-order valence-electron chi connectivity index (χ0n) is 24.6. The van der Waals surface area contributed by atoms with Gasteiger partial charge in [-0.1, -0.05) is 97.9 Å². The van der Waals surface area contributed by atoms with E-state index in [0.29, 0.717) is 13.1 Å². The fourth-order valence-electron chi connectivity index (χ4n) is 5.69. The van der Waals surface area contributed by atoms with E-state index in [0.717, 1.165) is 38.9 Å². The predicted molar refractivity (Wildman–Crippen MR) is 166 cm³/mol. The first kappa shape index (κ1) is 30.1. The van der Waals surface area contributed by atoms with E-state index >= 15 is 0 Å². The summed E-state index contributed by atoms with van der Waals surface area (Å²) < 4.78 is 13.4. The first-order chi connectivity index (χ1) is 20.4. The van der Waals surface area contributed by atoms with Crippen molar-refractivity contribution in [1.29, 1.82) is 0 Å². The molecule has 0 amide bonds. The quantitative estimate of drug-likeness (QED) is 0.213. The molecule has 0 unspecified atom stereocenters. The van der Waals surface area contributed by atoms with E-state index in [1.165, 1.54) is 0 Å². The molecule has 220 valence electrons. The highest BCUT2D eigenvalue weighted by atomic mass is 16.7. The van der Waals surface area contributed by atoms with E-state index in [-0.39, 0.29) is 30.8 Å². The Morgan fingerprint density at radius 2 is 1.50 bits per heavy atom. The van der Waals surface area contributed by atoms with Crippen LogP contribution in [0.5, 0.6) is 0 Å². The van der Waals surface area contributed by atoms with E-state index in [1.54, 1.807) is 0 Å². The van der Waals surface area contributed by atoms with E-state index in [2.05, 4.69) is 36.1 Å². The summed E-state index contributed by atoms with van der Waals surface area (Å²) in [7, 11) is 2.04. The molecule has 1 heterocycles. The van der Waals surface area contributed by atoms with Crippen LogP contribution in [0.15, 0.2) is 103 Å². The van der Waals surface area contributed by atoms with Crippen LogP contribution in [-0.2, 0) is 22.6 Å². The monoisotopic (exact) mass is 566 g/mol. The highest BCUT2D eigenvalue weighted by Crippen LogP contribution is 2.42. The summed E-state index contributed by atoms with van der Waals surface area (Å²) >= 11 is 0. The lowest BCUT2D eigenvalue weighted by atomic mass is 9.89. The normalized spacial score (nSPS) is 22.2. The predicted octanol–water partition coefficient (Wildman–Crippen LogP) is 6.15. The van der Waals surface area contributed by atoms with Gasteiger partial charge in [-0.3, -0.25) is 4.90 Å². The second-order valence-electron chi connectivity index (χ2n) is 11.4. The molecular formula is C36H42N2O4. The van der Waals surface area contributed by atoms with Crippen LogP contribution in [0.4, 0.5) is 0 Å². The molecule has 0 radical (unpaired) electrons. The van der Waals surface area contributed by atoms with Crippen molar-refractivity contribution >= 4 is 0 Å². The molecule has 0 saturated carbocycles. The molecule has 6 heteroatoms. The van der Waals surface area contributed by atoms with Crippen LogP contribution in [0, 0.1) is 5.92 Å². The first-order valence-electron chi connectivity index (χ1n) is 14.7. The maximum Gasteiger partial charge on any atom is 0.184 e. The number of nitrogens with two attached hydrogens (primary N) is 1. The molecule has 5 rings (SSSR count). The number of hydrogen-bond donors (Lipinski definition) is 3. The van der Waals surface area contributed by atoms with Gasteiger partial charge in [0, 0.05) is 30.6 Å². The van der Waals surface area contributed by atoms with Gasteiger partial charge in [0.15, 0.2) is 6.29 Å². The second-order valence-corrected chi connectivity index (χ2v) is 11.4. The maximum absolute atomic E-state index is 11.1. The highest BCUT2D eigenvalue weighted by Gasteiger charge is 2.39. The third kappa shape index (κ3) is 6.81. The van der Waals surface area contributed by atoms with Gasteiger partial charge in [0.2, 0.25) is 0 Å². The topological polar surface area (TPSA) is 88.2 Å². The third-order valence-electron chi connectivity index (χ3n) is 8.54. The van der Waals surface area contributed by atoms with Crippen LogP contribution in [0.2, 0.25) is 0 Å². The largest absolute Gasteiger partial charge is 0.392 e. The molecule has 1 aliphatic rings. The molecule has 0 aliphatic carbocycles. The van der Waals surface area contributed by atoms with Crippen LogP contribution >= 0.6 is 0 Å². The van der Waals surface area contributed by atoms with Crippen molar-refractivity contribution in [2.75, 3.05) is 13.6 Å². The highest BCUT2D eigenvalue weighted by molar-refractivity contribution is 5.65. The van der Waals surface area contributed by atoms with Gasteiger partial charge in [0.1, 0.15) is 0 Å². The van der Waals surface area contributed by atoms with Gasteiger partial charge in [0.25, 0.3) is 0 Å². The summed E-state index contributed by atoms with van der Waals surface area (Å²) in [5.41, 5.74) is 12.9. The molecule has 4 aromatic rings. The number of nitrogens with zero attached hydrogens (tertiary/aromatic N) is 1. The Hall–Kier alpha value is -3.36. The minimum absolute atomic E-state index is 0.000289. The standard InChI is InChI=1S/C36H42N2O4/c1-24-33(22-38(3)25(2)34(40)28-10-5-4-6-11-28)41-36(42-35(24)29-17-15-26(23-39)16-18-29)32-14-8-13-31(20-32)30-12-7-9-27(19-30)21-37/h4-20,24-25,33-36,39-40H,21-23,37H2,1-3H3/t24-,25-,33+,34-,35+,36+/m1/s1. The summed E-state index contributed by atoms with van der Waals surface area (Å²) in [6.45, 7) is 5.31. The van der Waals surface area contributed by atoms with Crippen LogP contribution in [0.25, 0.3) is 11.1 Å².